The van der Waals surface area contributed by atoms with Gasteiger partial charge in [0.25, 0.3) is 0 Å². The molecule has 2 aliphatic heterocycles. The van der Waals surface area contributed by atoms with Crippen LogP contribution in [0.25, 0.3) is 0 Å². The van der Waals surface area contributed by atoms with Gasteiger partial charge in [-0.3, -0.25) is 4.90 Å². The number of nitrogens with zero attached hydrogens (tertiary/aromatic N) is 1. The molecule has 0 aliphatic carbocycles. The molecule has 21 heavy (non-hydrogen) atoms. The number of fused-ring (bicyclic) bond motifs is 1. The summed E-state index contributed by atoms with van der Waals surface area (Å²) in [6.45, 7) is 2.19. The van der Waals surface area contributed by atoms with Gasteiger partial charge in [0.2, 0.25) is 0 Å². The van der Waals surface area contributed by atoms with Gasteiger partial charge in [-0.15, -0.1) is 0 Å². The van der Waals surface area contributed by atoms with E-state index >= 15 is 0 Å². The summed E-state index contributed by atoms with van der Waals surface area (Å²) in [5, 5.41) is 12.3. The van der Waals surface area contributed by atoms with Crippen LogP contribution in [-0.2, 0) is 0 Å². The third-order valence-corrected chi connectivity index (χ3v) is 5.28. The molecule has 2 unspecified atom stereocenters. The lowest BCUT2D eigenvalue weighted by atomic mass is 9.99. The predicted octanol–water partition coefficient (Wildman–Crippen LogP) is 3.33. The summed E-state index contributed by atoms with van der Waals surface area (Å²) in [6.07, 6.45) is 4.62. The number of carboxylic acids is 1. The van der Waals surface area contributed by atoms with E-state index in [1.165, 1.54) is 25.0 Å². The number of piperidine rings is 1. The minimum Gasteiger partial charge on any atom is -0.478 e. The summed E-state index contributed by atoms with van der Waals surface area (Å²) in [7, 11) is 0. The molecule has 2 heterocycles. The molecule has 2 saturated heterocycles. The van der Waals surface area contributed by atoms with Crippen molar-refractivity contribution in [2.24, 2.45) is 0 Å². The average Bonchev–Trinajstić information content (AvgIpc) is 2.87. The van der Waals surface area contributed by atoms with Crippen LogP contribution in [-0.4, -0.2) is 41.1 Å². The number of hydrogen-bond acceptors (Lipinski definition) is 3. The molecule has 4 nitrogen and oxygen atoms in total. The Labute approximate surface area is 131 Å². The molecule has 0 aromatic heterocycles. The maximum absolute atomic E-state index is 14.3. The molecule has 2 aliphatic rings. The fourth-order valence-electron chi connectivity index (χ4n) is 3.44. The SMILES string of the molecule is O=C(O)c1ccc(NC2CCN3CCCCC23)c(F)c1Br. The zero-order valence-electron chi connectivity index (χ0n) is 11.6. The van der Waals surface area contributed by atoms with Gasteiger partial charge in [0.15, 0.2) is 5.82 Å². The lowest BCUT2D eigenvalue weighted by Crippen LogP contribution is -2.41. The number of nitrogens with one attached hydrogen (secondary N) is 1. The first kappa shape index (κ1) is 14.8. The van der Waals surface area contributed by atoms with Gasteiger partial charge in [-0.1, -0.05) is 6.42 Å². The quantitative estimate of drug-likeness (QED) is 0.872. The molecule has 6 heteroatoms. The van der Waals surface area contributed by atoms with Crippen LogP contribution >= 0.6 is 15.9 Å². The maximum atomic E-state index is 14.3. The molecular formula is C15H18BrFN2O2. The van der Waals surface area contributed by atoms with Gasteiger partial charge in [-0.2, -0.15) is 0 Å². The Bertz CT molecular complexity index is 567. The van der Waals surface area contributed by atoms with E-state index in [1.54, 1.807) is 0 Å². The Kier molecular flexibility index (Phi) is 4.17. The molecule has 2 fully saturated rings. The number of halogens is 2. The molecule has 0 radical (unpaired) electrons. The second-order valence-corrected chi connectivity index (χ2v) is 6.53. The highest BCUT2D eigenvalue weighted by Gasteiger charge is 2.35. The number of aromatic carboxylic acids is 1. The van der Waals surface area contributed by atoms with Crippen LogP contribution in [0.1, 0.15) is 36.0 Å². The largest absolute Gasteiger partial charge is 0.478 e. The molecule has 1 aromatic rings. The minimum absolute atomic E-state index is 0.0125. The number of hydrogen-bond donors (Lipinski definition) is 2. The van der Waals surface area contributed by atoms with E-state index < -0.39 is 11.8 Å². The van der Waals surface area contributed by atoms with Gasteiger partial charge in [0, 0.05) is 18.6 Å². The van der Waals surface area contributed by atoms with Crippen LogP contribution in [0.5, 0.6) is 0 Å². The lowest BCUT2D eigenvalue weighted by molar-refractivity contribution is 0.0695. The fraction of sp³-hybridized carbons (Fsp3) is 0.533. The van der Waals surface area contributed by atoms with Crippen LogP contribution in [0.2, 0.25) is 0 Å². The molecular weight excluding hydrogens is 339 g/mol. The van der Waals surface area contributed by atoms with E-state index in [9.17, 15) is 9.18 Å². The summed E-state index contributed by atoms with van der Waals surface area (Å²) in [5.74, 6) is -1.66. The van der Waals surface area contributed by atoms with Crippen LogP contribution in [0, 0.1) is 5.82 Å². The molecule has 1 aromatic carbocycles. The van der Waals surface area contributed by atoms with E-state index in [0.29, 0.717) is 11.7 Å². The molecule has 0 bridgehead atoms. The van der Waals surface area contributed by atoms with Crippen LogP contribution < -0.4 is 5.32 Å². The number of carboxylic acid groups (broad SMARTS) is 1. The first-order chi connectivity index (χ1) is 10.1. The Morgan fingerprint density at radius 1 is 1.33 bits per heavy atom. The Balaban J connectivity index is 1.79. The normalized spacial score (nSPS) is 25.6. The summed E-state index contributed by atoms with van der Waals surface area (Å²) in [5.41, 5.74) is 0.327. The van der Waals surface area contributed by atoms with Gasteiger partial charge < -0.3 is 10.4 Å². The Morgan fingerprint density at radius 3 is 2.90 bits per heavy atom. The standard InChI is InChI=1S/C15H18BrFN2O2/c16-13-9(15(20)21)4-5-11(14(13)17)18-10-6-8-19-7-2-1-3-12(10)19/h4-5,10,12,18H,1-3,6-8H2,(H,20,21). The second-order valence-electron chi connectivity index (χ2n) is 5.73. The van der Waals surface area contributed by atoms with E-state index in [2.05, 4.69) is 26.1 Å². The number of rotatable bonds is 3. The first-order valence-corrected chi connectivity index (χ1v) is 8.09. The first-order valence-electron chi connectivity index (χ1n) is 7.30. The molecule has 0 spiro atoms. The van der Waals surface area contributed by atoms with Gasteiger partial charge >= 0.3 is 5.97 Å². The fourth-order valence-corrected chi connectivity index (χ4v) is 3.96. The monoisotopic (exact) mass is 356 g/mol. The summed E-state index contributed by atoms with van der Waals surface area (Å²) >= 11 is 3.04. The maximum Gasteiger partial charge on any atom is 0.336 e. The van der Waals surface area contributed by atoms with Gasteiger partial charge in [-0.25, -0.2) is 9.18 Å². The van der Waals surface area contributed by atoms with Gasteiger partial charge in [-0.05, 0) is 53.9 Å². The highest BCUT2D eigenvalue weighted by atomic mass is 79.9. The van der Waals surface area contributed by atoms with Crippen LogP contribution in [0.4, 0.5) is 10.1 Å². The number of benzene rings is 1. The van der Waals surface area contributed by atoms with Gasteiger partial charge in [0.05, 0.1) is 15.7 Å². The highest BCUT2D eigenvalue weighted by molar-refractivity contribution is 9.10. The summed E-state index contributed by atoms with van der Waals surface area (Å²) in [6, 6.07) is 3.67. The smallest absolute Gasteiger partial charge is 0.336 e. The van der Waals surface area contributed by atoms with Crippen LogP contribution in [0.3, 0.4) is 0 Å². The van der Waals surface area contributed by atoms with E-state index in [-0.39, 0.29) is 16.1 Å². The molecule has 0 saturated carbocycles. The van der Waals surface area contributed by atoms with Crippen molar-refractivity contribution in [1.29, 1.82) is 0 Å². The highest BCUT2D eigenvalue weighted by Crippen LogP contribution is 2.32. The predicted molar refractivity (Wildman–Crippen MR) is 82.3 cm³/mol. The van der Waals surface area contributed by atoms with Crippen LogP contribution in [0.15, 0.2) is 16.6 Å². The molecule has 3 rings (SSSR count). The van der Waals surface area contributed by atoms with Crippen molar-refractivity contribution >= 4 is 27.6 Å². The van der Waals surface area contributed by atoms with Crippen molar-refractivity contribution in [2.75, 3.05) is 18.4 Å². The third kappa shape index (κ3) is 2.79. The average molecular weight is 357 g/mol. The van der Waals surface area contributed by atoms with Crippen molar-refractivity contribution in [1.82, 2.24) is 4.90 Å². The third-order valence-electron chi connectivity index (χ3n) is 4.51. The topological polar surface area (TPSA) is 52.6 Å². The number of carbonyl (C=O) groups is 1. The molecule has 114 valence electrons. The molecule has 2 N–H and O–H groups in total. The molecule has 0 amide bonds. The zero-order valence-corrected chi connectivity index (χ0v) is 13.2. The Morgan fingerprint density at radius 2 is 2.14 bits per heavy atom. The van der Waals surface area contributed by atoms with Crippen molar-refractivity contribution in [3.05, 3.63) is 28.0 Å². The van der Waals surface area contributed by atoms with Crippen molar-refractivity contribution < 1.29 is 14.3 Å². The second kappa shape index (κ2) is 5.93. The molecule has 2 atom stereocenters. The summed E-state index contributed by atoms with van der Waals surface area (Å²) in [4.78, 5) is 13.5. The number of anilines is 1. The van der Waals surface area contributed by atoms with E-state index in [1.807, 2.05) is 0 Å². The lowest BCUT2D eigenvalue weighted by Gasteiger charge is -2.33. The van der Waals surface area contributed by atoms with Crippen molar-refractivity contribution in [3.8, 4) is 0 Å². The zero-order chi connectivity index (χ0) is 15.0. The summed E-state index contributed by atoms with van der Waals surface area (Å²) < 4.78 is 14.3. The van der Waals surface area contributed by atoms with Crippen molar-refractivity contribution in [3.63, 3.8) is 0 Å². The van der Waals surface area contributed by atoms with Crippen molar-refractivity contribution in [2.45, 2.75) is 37.8 Å². The Hall–Kier alpha value is -1.14. The van der Waals surface area contributed by atoms with E-state index in [4.69, 9.17) is 5.11 Å². The van der Waals surface area contributed by atoms with E-state index in [0.717, 1.165) is 25.9 Å². The minimum atomic E-state index is -1.13. The van der Waals surface area contributed by atoms with Gasteiger partial charge in [0.1, 0.15) is 0 Å².